The Balaban J connectivity index is 2.08. The van der Waals surface area contributed by atoms with Crippen LogP contribution in [0, 0.1) is 12.3 Å². The van der Waals surface area contributed by atoms with Gasteiger partial charge in [-0.1, -0.05) is 12.0 Å². The molecule has 1 aromatic rings. The predicted octanol–water partition coefficient (Wildman–Crippen LogP) is 1.34. The summed E-state index contributed by atoms with van der Waals surface area (Å²) in [4.78, 5) is 20.3. The van der Waals surface area contributed by atoms with Crippen LogP contribution in [0.4, 0.5) is 0 Å². The number of methoxy groups -OCH3 is 1. The van der Waals surface area contributed by atoms with Crippen LogP contribution in [0.15, 0.2) is 23.2 Å². The van der Waals surface area contributed by atoms with Crippen molar-refractivity contribution in [2.75, 3.05) is 46.4 Å². The Kier molecular flexibility index (Phi) is 7.80. The van der Waals surface area contributed by atoms with Gasteiger partial charge in [-0.05, 0) is 24.6 Å². The third kappa shape index (κ3) is 5.81. The van der Waals surface area contributed by atoms with Crippen LogP contribution in [0.2, 0.25) is 0 Å². The highest BCUT2D eigenvalue weighted by atomic mass is 16.5. The molecule has 0 saturated carbocycles. The molecule has 7 nitrogen and oxygen atoms in total. The number of amides is 1. The van der Waals surface area contributed by atoms with Gasteiger partial charge in [0, 0.05) is 39.6 Å². The Morgan fingerprint density at radius 3 is 2.56 bits per heavy atom. The molecule has 27 heavy (non-hydrogen) atoms. The molecule has 1 aliphatic rings. The van der Waals surface area contributed by atoms with E-state index in [0.717, 1.165) is 31.2 Å². The second kappa shape index (κ2) is 10.3. The van der Waals surface area contributed by atoms with Crippen molar-refractivity contribution in [1.29, 1.82) is 0 Å². The van der Waals surface area contributed by atoms with Gasteiger partial charge in [0.15, 0.2) is 17.5 Å². The molecule has 1 amide bonds. The molecule has 7 heteroatoms. The van der Waals surface area contributed by atoms with Gasteiger partial charge in [0.05, 0.1) is 13.7 Å². The summed E-state index contributed by atoms with van der Waals surface area (Å²) in [6.45, 7) is 8.09. The van der Waals surface area contributed by atoms with Crippen molar-refractivity contribution in [3.63, 3.8) is 0 Å². The van der Waals surface area contributed by atoms with Crippen molar-refractivity contribution < 1.29 is 14.3 Å². The smallest absolute Gasteiger partial charge is 0.219 e. The number of hydrogen-bond donors (Lipinski definition) is 1. The third-order valence-corrected chi connectivity index (χ3v) is 4.31. The number of carbonyl (C=O) groups excluding carboxylic acids is 1. The largest absolute Gasteiger partial charge is 0.493 e. The van der Waals surface area contributed by atoms with Crippen LogP contribution in [0.5, 0.6) is 11.5 Å². The highest BCUT2D eigenvalue weighted by molar-refractivity contribution is 5.80. The zero-order chi connectivity index (χ0) is 19.6. The summed E-state index contributed by atoms with van der Waals surface area (Å²) in [6, 6.07) is 5.72. The predicted molar refractivity (Wildman–Crippen MR) is 106 cm³/mol. The maximum Gasteiger partial charge on any atom is 0.219 e. The molecule has 0 spiro atoms. The van der Waals surface area contributed by atoms with Crippen LogP contribution in [0.25, 0.3) is 0 Å². The van der Waals surface area contributed by atoms with E-state index in [1.807, 2.05) is 30.0 Å². The highest BCUT2D eigenvalue weighted by Gasteiger charge is 2.20. The van der Waals surface area contributed by atoms with E-state index in [2.05, 4.69) is 16.1 Å². The van der Waals surface area contributed by atoms with Crippen LogP contribution in [-0.2, 0) is 11.3 Å². The molecule has 0 radical (unpaired) electrons. The van der Waals surface area contributed by atoms with Gasteiger partial charge >= 0.3 is 0 Å². The first-order valence-corrected chi connectivity index (χ1v) is 9.11. The fraction of sp³-hybridized carbons (Fsp3) is 0.500. The van der Waals surface area contributed by atoms with Gasteiger partial charge in [-0.3, -0.25) is 4.79 Å². The number of hydrogen-bond acceptors (Lipinski definition) is 4. The molecule has 1 N–H and O–H groups in total. The van der Waals surface area contributed by atoms with Crippen molar-refractivity contribution in [1.82, 2.24) is 15.1 Å². The average Bonchev–Trinajstić information content (AvgIpc) is 2.69. The molecular weight excluding hydrogens is 344 g/mol. The van der Waals surface area contributed by atoms with E-state index in [1.165, 1.54) is 0 Å². The Morgan fingerprint density at radius 1 is 1.26 bits per heavy atom. The minimum atomic E-state index is 0.120. The summed E-state index contributed by atoms with van der Waals surface area (Å²) in [6.07, 6.45) is 5.27. The number of nitrogens with one attached hydrogen (secondary N) is 1. The molecule has 2 rings (SSSR count). The summed E-state index contributed by atoms with van der Waals surface area (Å²) in [5.41, 5.74) is 1.00. The molecule has 146 valence electrons. The van der Waals surface area contributed by atoms with Gasteiger partial charge in [-0.25, -0.2) is 4.99 Å². The Labute approximate surface area is 161 Å². The number of terminal acetylenes is 1. The van der Waals surface area contributed by atoms with Gasteiger partial charge in [0.25, 0.3) is 0 Å². The first-order valence-electron chi connectivity index (χ1n) is 9.11. The summed E-state index contributed by atoms with van der Waals surface area (Å²) in [5.74, 6) is 4.69. The monoisotopic (exact) mass is 372 g/mol. The normalized spacial score (nSPS) is 14.5. The molecular formula is C20H28N4O3. The van der Waals surface area contributed by atoms with E-state index >= 15 is 0 Å². The topological polar surface area (TPSA) is 66.4 Å². The van der Waals surface area contributed by atoms with Crippen molar-refractivity contribution in [2.45, 2.75) is 20.4 Å². The lowest BCUT2D eigenvalue weighted by atomic mass is 10.2. The van der Waals surface area contributed by atoms with Crippen molar-refractivity contribution >= 4 is 11.9 Å². The summed E-state index contributed by atoms with van der Waals surface area (Å²) in [5, 5.41) is 3.33. The van der Waals surface area contributed by atoms with Gasteiger partial charge < -0.3 is 24.6 Å². The average molecular weight is 372 g/mol. The molecule has 1 aliphatic heterocycles. The van der Waals surface area contributed by atoms with Gasteiger partial charge in [0.1, 0.15) is 6.61 Å². The minimum Gasteiger partial charge on any atom is -0.493 e. The fourth-order valence-electron chi connectivity index (χ4n) is 2.88. The van der Waals surface area contributed by atoms with E-state index in [1.54, 1.807) is 14.0 Å². The maximum absolute atomic E-state index is 11.5. The number of guanidine groups is 1. The molecule has 1 heterocycles. The number of piperazine rings is 1. The zero-order valence-electron chi connectivity index (χ0n) is 16.3. The molecule has 0 aromatic heterocycles. The summed E-state index contributed by atoms with van der Waals surface area (Å²) in [7, 11) is 1.60. The Hall–Kier alpha value is -2.88. The first kappa shape index (κ1) is 20.4. The molecule has 0 aliphatic carbocycles. The first-order chi connectivity index (χ1) is 13.1. The van der Waals surface area contributed by atoms with Gasteiger partial charge in [0.2, 0.25) is 5.91 Å². The molecule has 0 unspecified atom stereocenters. The lowest BCUT2D eigenvalue weighted by Crippen LogP contribution is -2.53. The van der Waals surface area contributed by atoms with Crippen LogP contribution < -0.4 is 14.8 Å². The number of rotatable bonds is 6. The summed E-state index contributed by atoms with van der Waals surface area (Å²) >= 11 is 0. The maximum atomic E-state index is 11.5. The van der Waals surface area contributed by atoms with Crippen LogP contribution >= 0.6 is 0 Å². The minimum absolute atomic E-state index is 0.120. The number of nitrogens with zero attached hydrogens (tertiary/aromatic N) is 3. The Morgan fingerprint density at radius 2 is 1.96 bits per heavy atom. The van der Waals surface area contributed by atoms with Crippen molar-refractivity contribution in [3.8, 4) is 23.8 Å². The molecule has 1 aromatic carbocycles. The third-order valence-electron chi connectivity index (χ3n) is 4.31. The fourth-order valence-corrected chi connectivity index (χ4v) is 2.88. The molecule has 0 bridgehead atoms. The van der Waals surface area contributed by atoms with Crippen molar-refractivity contribution in [3.05, 3.63) is 23.8 Å². The highest BCUT2D eigenvalue weighted by Crippen LogP contribution is 2.28. The van der Waals surface area contributed by atoms with Gasteiger partial charge in [-0.2, -0.15) is 0 Å². The van der Waals surface area contributed by atoms with E-state index < -0.39 is 0 Å². The van der Waals surface area contributed by atoms with E-state index in [4.69, 9.17) is 20.9 Å². The van der Waals surface area contributed by atoms with Crippen molar-refractivity contribution in [2.24, 2.45) is 4.99 Å². The lowest BCUT2D eigenvalue weighted by Gasteiger charge is -2.36. The summed E-state index contributed by atoms with van der Waals surface area (Å²) < 4.78 is 10.9. The van der Waals surface area contributed by atoms with E-state index in [9.17, 15) is 4.79 Å². The quantitative estimate of drug-likeness (QED) is 0.464. The second-order valence-corrected chi connectivity index (χ2v) is 6.14. The second-order valence-electron chi connectivity index (χ2n) is 6.14. The SMILES string of the molecule is C#CCOc1cc(CN=C(NCC)N2CCN(C(C)=O)CC2)ccc1OC. The number of ether oxygens (including phenoxy) is 2. The van der Waals surface area contributed by atoms with Crippen LogP contribution in [-0.4, -0.2) is 68.1 Å². The van der Waals surface area contributed by atoms with Crippen LogP contribution in [0.1, 0.15) is 19.4 Å². The van der Waals surface area contributed by atoms with Gasteiger partial charge in [-0.15, -0.1) is 6.42 Å². The van der Waals surface area contributed by atoms with Crippen LogP contribution in [0.3, 0.4) is 0 Å². The molecule has 1 fully saturated rings. The van der Waals surface area contributed by atoms with E-state index in [0.29, 0.717) is 31.1 Å². The number of aliphatic imine (C=N–C) groups is 1. The number of benzene rings is 1. The van der Waals surface area contributed by atoms with E-state index in [-0.39, 0.29) is 12.5 Å². The number of carbonyl (C=O) groups is 1. The molecule has 1 saturated heterocycles. The zero-order valence-corrected chi connectivity index (χ0v) is 16.3. The molecule has 0 atom stereocenters. The lowest BCUT2D eigenvalue weighted by molar-refractivity contribution is -0.130. The Bertz CT molecular complexity index is 704. The standard InChI is InChI=1S/C20H28N4O3/c1-5-13-27-19-14-17(7-8-18(19)26-4)15-22-20(21-6-2)24-11-9-23(10-12-24)16(3)25/h1,7-8,14H,6,9-13,15H2,2-4H3,(H,21,22).